The number of allylic oxidation sites excluding steroid dienone is 1. The Balaban J connectivity index is 2.46. The lowest BCUT2D eigenvalue weighted by molar-refractivity contribution is -0.136. The fourth-order valence-corrected chi connectivity index (χ4v) is 2.38. The first-order valence-electron chi connectivity index (χ1n) is 5.92. The van der Waals surface area contributed by atoms with Crippen molar-refractivity contribution in [1.82, 2.24) is 5.32 Å². The average Bonchev–Trinajstić information content (AvgIpc) is 2.38. The minimum Gasteiger partial charge on any atom is -0.466 e. The van der Waals surface area contributed by atoms with Gasteiger partial charge in [0.15, 0.2) is 0 Å². The Hall–Kier alpha value is -1.84. The molecule has 0 saturated heterocycles. The fourth-order valence-electron chi connectivity index (χ4n) is 2.38. The van der Waals surface area contributed by atoms with Gasteiger partial charge in [-0.15, -0.1) is 0 Å². The van der Waals surface area contributed by atoms with E-state index in [1.54, 1.807) is 18.2 Å². The Morgan fingerprint density at radius 1 is 1.44 bits per heavy atom. The Kier molecular flexibility index (Phi) is 3.65. The van der Waals surface area contributed by atoms with E-state index in [4.69, 9.17) is 4.74 Å². The van der Waals surface area contributed by atoms with Gasteiger partial charge in [0.2, 0.25) is 0 Å². The Bertz CT molecular complexity index is 496. The number of rotatable bonds is 2. The van der Waals surface area contributed by atoms with Crippen molar-refractivity contribution in [2.75, 3.05) is 13.7 Å². The second kappa shape index (κ2) is 5.21. The molecule has 1 atom stereocenters. The Morgan fingerprint density at radius 3 is 2.83 bits per heavy atom. The van der Waals surface area contributed by atoms with Gasteiger partial charge in [-0.25, -0.2) is 9.18 Å². The largest absolute Gasteiger partial charge is 0.466 e. The second-order valence-electron chi connectivity index (χ2n) is 4.32. The van der Waals surface area contributed by atoms with Crippen molar-refractivity contribution in [3.63, 3.8) is 0 Å². The monoisotopic (exact) mass is 249 g/mol. The molecular formula is C14H16FNO2. The van der Waals surface area contributed by atoms with Crippen LogP contribution in [0.25, 0.3) is 0 Å². The van der Waals surface area contributed by atoms with E-state index in [1.807, 2.05) is 6.92 Å². The van der Waals surface area contributed by atoms with Crippen LogP contribution in [0.2, 0.25) is 0 Å². The van der Waals surface area contributed by atoms with Gasteiger partial charge < -0.3 is 10.1 Å². The quantitative estimate of drug-likeness (QED) is 0.818. The highest BCUT2D eigenvalue weighted by Crippen LogP contribution is 2.34. The molecule has 0 fully saturated rings. The lowest BCUT2D eigenvalue weighted by Crippen LogP contribution is -2.29. The number of halogens is 1. The molecule has 96 valence electrons. The molecule has 1 aromatic rings. The van der Waals surface area contributed by atoms with Crippen molar-refractivity contribution in [1.29, 1.82) is 0 Å². The zero-order valence-corrected chi connectivity index (χ0v) is 10.5. The van der Waals surface area contributed by atoms with Crippen LogP contribution >= 0.6 is 0 Å². The van der Waals surface area contributed by atoms with Crippen LogP contribution in [0.5, 0.6) is 0 Å². The summed E-state index contributed by atoms with van der Waals surface area (Å²) in [6.45, 7) is 2.55. The molecule has 1 heterocycles. The zero-order chi connectivity index (χ0) is 13.1. The predicted octanol–water partition coefficient (Wildman–Crippen LogP) is 2.35. The summed E-state index contributed by atoms with van der Waals surface area (Å²) in [6.07, 6.45) is 0.683. The Morgan fingerprint density at radius 2 is 2.17 bits per heavy atom. The van der Waals surface area contributed by atoms with E-state index in [9.17, 15) is 9.18 Å². The number of ether oxygens (including phenoxy) is 1. The number of nitrogens with one attached hydrogen (secondary N) is 1. The van der Waals surface area contributed by atoms with Gasteiger partial charge in [-0.05, 0) is 25.0 Å². The minimum absolute atomic E-state index is 0.236. The van der Waals surface area contributed by atoms with Crippen LogP contribution in [0.3, 0.4) is 0 Å². The summed E-state index contributed by atoms with van der Waals surface area (Å²) in [6, 6.07) is 6.57. The van der Waals surface area contributed by atoms with E-state index in [0.29, 0.717) is 17.6 Å². The number of esters is 1. The maximum atomic E-state index is 13.8. The van der Waals surface area contributed by atoms with Crippen LogP contribution in [0.1, 0.15) is 24.8 Å². The molecule has 0 spiro atoms. The minimum atomic E-state index is -0.395. The lowest BCUT2D eigenvalue weighted by atomic mass is 9.84. The van der Waals surface area contributed by atoms with E-state index < -0.39 is 5.97 Å². The van der Waals surface area contributed by atoms with Crippen LogP contribution in [-0.4, -0.2) is 19.6 Å². The predicted molar refractivity (Wildman–Crippen MR) is 66.5 cm³/mol. The third-order valence-electron chi connectivity index (χ3n) is 3.26. The third kappa shape index (κ3) is 2.23. The summed E-state index contributed by atoms with van der Waals surface area (Å²) in [5.74, 6) is -0.911. The average molecular weight is 249 g/mol. The first-order valence-corrected chi connectivity index (χ1v) is 5.92. The molecule has 1 N–H and O–H groups in total. The number of methoxy groups -OCH3 is 1. The van der Waals surface area contributed by atoms with Crippen molar-refractivity contribution in [3.05, 3.63) is 46.9 Å². The van der Waals surface area contributed by atoms with E-state index in [-0.39, 0.29) is 11.7 Å². The van der Waals surface area contributed by atoms with Crippen molar-refractivity contribution < 1.29 is 13.9 Å². The number of benzene rings is 1. The summed E-state index contributed by atoms with van der Waals surface area (Å²) in [5.41, 5.74) is 1.84. The maximum absolute atomic E-state index is 13.8. The fraction of sp³-hybridized carbons (Fsp3) is 0.357. The van der Waals surface area contributed by atoms with Crippen molar-refractivity contribution in [2.24, 2.45) is 0 Å². The summed E-state index contributed by atoms with van der Waals surface area (Å²) in [7, 11) is 1.34. The van der Waals surface area contributed by atoms with Gasteiger partial charge in [0, 0.05) is 18.2 Å². The smallest absolute Gasteiger partial charge is 0.336 e. The van der Waals surface area contributed by atoms with E-state index in [1.165, 1.54) is 13.2 Å². The molecule has 1 aromatic carbocycles. The van der Waals surface area contributed by atoms with Gasteiger partial charge in [0.25, 0.3) is 0 Å². The van der Waals surface area contributed by atoms with E-state index in [0.717, 1.165) is 12.2 Å². The SMILES string of the molecule is COC(=O)C1=C(C)NCCC1c1ccccc1F. The summed E-state index contributed by atoms with van der Waals surface area (Å²) in [4.78, 5) is 11.8. The van der Waals surface area contributed by atoms with Gasteiger partial charge in [0.1, 0.15) is 5.82 Å². The van der Waals surface area contributed by atoms with Crippen LogP contribution in [-0.2, 0) is 9.53 Å². The van der Waals surface area contributed by atoms with Gasteiger partial charge in [-0.2, -0.15) is 0 Å². The van der Waals surface area contributed by atoms with Gasteiger partial charge >= 0.3 is 5.97 Å². The molecule has 1 unspecified atom stereocenters. The highest BCUT2D eigenvalue weighted by Gasteiger charge is 2.30. The molecule has 0 aromatic heterocycles. The molecule has 0 radical (unpaired) electrons. The summed E-state index contributed by atoms with van der Waals surface area (Å²) in [5, 5.41) is 3.12. The Labute approximate surface area is 106 Å². The number of carbonyl (C=O) groups is 1. The van der Waals surface area contributed by atoms with Crippen LogP contribution in [0.15, 0.2) is 35.5 Å². The normalized spacial score (nSPS) is 19.4. The van der Waals surface area contributed by atoms with Crippen molar-refractivity contribution in [3.8, 4) is 0 Å². The molecule has 1 aliphatic heterocycles. The van der Waals surface area contributed by atoms with E-state index in [2.05, 4.69) is 5.32 Å². The molecule has 2 rings (SSSR count). The molecule has 0 saturated carbocycles. The maximum Gasteiger partial charge on any atom is 0.336 e. The molecule has 1 aliphatic rings. The highest BCUT2D eigenvalue weighted by atomic mass is 19.1. The molecule has 18 heavy (non-hydrogen) atoms. The summed E-state index contributed by atoms with van der Waals surface area (Å²) < 4.78 is 18.6. The van der Waals surface area contributed by atoms with Gasteiger partial charge in [-0.1, -0.05) is 18.2 Å². The first kappa shape index (κ1) is 12.6. The molecule has 3 nitrogen and oxygen atoms in total. The highest BCUT2D eigenvalue weighted by molar-refractivity contribution is 5.91. The lowest BCUT2D eigenvalue weighted by Gasteiger charge is -2.27. The number of hydrogen-bond donors (Lipinski definition) is 1. The van der Waals surface area contributed by atoms with Crippen molar-refractivity contribution >= 4 is 5.97 Å². The van der Waals surface area contributed by atoms with Crippen LogP contribution < -0.4 is 5.32 Å². The standard InChI is InChI=1S/C14H16FNO2/c1-9-13(14(17)18-2)11(7-8-16-9)10-5-3-4-6-12(10)15/h3-6,11,16H,7-8H2,1-2H3. The molecular weight excluding hydrogens is 233 g/mol. The van der Waals surface area contributed by atoms with Crippen LogP contribution in [0.4, 0.5) is 4.39 Å². The van der Waals surface area contributed by atoms with Gasteiger partial charge in [0.05, 0.1) is 12.7 Å². The number of carbonyl (C=O) groups excluding carboxylic acids is 1. The first-order chi connectivity index (χ1) is 8.65. The number of hydrogen-bond acceptors (Lipinski definition) is 3. The van der Waals surface area contributed by atoms with Gasteiger partial charge in [-0.3, -0.25) is 0 Å². The molecule has 0 bridgehead atoms. The second-order valence-corrected chi connectivity index (χ2v) is 4.32. The van der Waals surface area contributed by atoms with Crippen LogP contribution in [0, 0.1) is 5.82 Å². The van der Waals surface area contributed by atoms with E-state index >= 15 is 0 Å². The molecule has 0 aliphatic carbocycles. The third-order valence-corrected chi connectivity index (χ3v) is 3.26. The topological polar surface area (TPSA) is 38.3 Å². The zero-order valence-electron chi connectivity index (χ0n) is 10.5. The molecule has 4 heteroatoms. The summed E-state index contributed by atoms with van der Waals surface area (Å²) >= 11 is 0. The van der Waals surface area contributed by atoms with Crippen molar-refractivity contribution in [2.45, 2.75) is 19.3 Å². The molecule has 0 amide bonds.